The summed E-state index contributed by atoms with van der Waals surface area (Å²) in [5.41, 5.74) is 1.58. The minimum Gasteiger partial charge on any atom is -0.344 e. The van der Waals surface area contributed by atoms with Crippen LogP contribution in [-0.2, 0) is 17.8 Å². The maximum absolute atomic E-state index is 13.9. The first-order valence-corrected chi connectivity index (χ1v) is 12.9. The van der Waals surface area contributed by atoms with E-state index >= 15 is 0 Å². The maximum atomic E-state index is 13.9. The number of hydrogen-bond acceptors (Lipinski definition) is 5. The molecule has 1 saturated heterocycles. The number of carbonyl (C=O) groups excluding carboxylic acids is 2. The van der Waals surface area contributed by atoms with Gasteiger partial charge in [-0.2, -0.15) is 23.4 Å². The first-order chi connectivity index (χ1) is 18.4. The third kappa shape index (κ3) is 5.74. The number of alkyl halides is 5. The average molecular weight is 554 g/mol. The predicted octanol–water partition coefficient (Wildman–Crippen LogP) is 3.85. The van der Waals surface area contributed by atoms with Crippen LogP contribution >= 0.6 is 0 Å². The van der Waals surface area contributed by atoms with Crippen LogP contribution in [0.3, 0.4) is 0 Å². The number of amides is 2. The quantitative estimate of drug-likeness (QED) is 0.433. The van der Waals surface area contributed by atoms with E-state index in [4.69, 9.17) is 0 Å². The molecule has 1 aliphatic carbocycles. The number of halogens is 5. The van der Waals surface area contributed by atoms with Gasteiger partial charge in [-0.15, -0.1) is 0 Å². The molecule has 14 heteroatoms. The Bertz CT molecular complexity index is 1360. The first-order valence-electron chi connectivity index (χ1n) is 12.9. The zero-order valence-electron chi connectivity index (χ0n) is 21.1. The Morgan fingerprint density at radius 3 is 2.64 bits per heavy atom. The fourth-order valence-electron chi connectivity index (χ4n) is 5.40. The van der Waals surface area contributed by atoms with Crippen molar-refractivity contribution in [2.45, 2.75) is 76.2 Å². The number of imidazole rings is 1. The number of carbonyl (C=O) groups is 2. The van der Waals surface area contributed by atoms with Gasteiger partial charge < -0.3 is 10.6 Å². The molecule has 1 saturated carbocycles. The number of nitrogens with one attached hydrogen (secondary N) is 2. The predicted molar refractivity (Wildman–Crippen MR) is 128 cm³/mol. The Labute approximate surface area is 220 Å². The Morgan fingerprint density at radius 1 is 1.23 bits per heavy atom. The van der Waals surface area contributed by atoms with E-state index in [1.54, 1.807) is 24.4 Å². The smallest absolute Gasteiger partial charge is 0.344 e. The van der Waals surface area contributed by atoms with Crippen LogP contribution in [0.25, 0.3) is 5.65 Å². The minimum atomic E-state index is -4.52. The summed E-state index contributed by atoms with van der Waals surface area (Å²) < 4.78 is 69.9. The van der Waals surface area contributed by atoms with Crippen LogP contribution in [0.2, 0.25) is 0 Å². The number of rotatable bonds is 7. The van der Waals surface area contributed by atoms with E-state index in [1.165, 1.54) is 15.4 Å². The van der Waals surface area contributed by atoms with Gasteiger partial charge in [0.1, 0.15) is 11.7 Å². The molecule has 0 bridgehead atoms. The Morgan fingerprint density at radius 2 is 1.97 bits per heavy atom. The second kappa shape index (κ2) is 10.2. The summed E-state index contributed by atoms with van der Waals surface area (Å²) in [6.45, 7) is 2.31. The van der Waals surface area contributed by atoms with Gasteiger partial charge in [-0.1, -0.05) is 0 Å². The fraction of sp³-hybridized carbons (Fsp3) is 0.560. The second-order valence-corrected chi connectivity index (χ2v) is 10.2. The third-order valence-corrected chi connectivity index (χ3v) is 7.54. The van der Waals surface area contributed by atoms with Gasteiger partial charge in [0, 0.05) is 37.9 Å². The number of hydrogen-bond donors (Lipinski definition) is 2. The molecule has 4 heterocycles. The lowest BCUT2D eigenvalue weighted by atomic mass is 9.81. The Kier molecular flexibility index (Phi) is 7.06. The third-order valence-electron chi connectivity index (χ3n) is 7.54. The van der Waals surface area contributed by atoms with Crippen molar-refractivity contribution in [3.8, 4) is 0 Å². The monoisotopic (exact) mass is 553 g/mol. The normalized spacial score (nSPS) is 22.7. The lowest BCUT2D eigenvalue weighted by Gasteiger charge is -2.33. The first kappa shape index (κ1) is 27.0. The van der Waals surface area contributed by atoms with Crippen LogP contribution in [0.5, 0.6) is 0 Å². The number of nitrogens with zero attached hydrogens (tertiary/aromatic N) is 5. The molecular weight excluding hydrogens is 525 g/mol. The highest BCUT2D eigenvalue weighted by atomic mass is 19.4. The molecule has 3 aromatic rings. The van der Waals surface area contributed by atoms with Crippen molar-refractivity contribution in [1.29, 1.82) is 0 Å². The van der Waals surface area contributed by atoms with Gasteiger partial charge in [-0.05, 0) is 50.3 Å². The molecule has 1 aliphatic heterocycles. The minimum absolute atomic E-state index is 0.0146. The fourth-order valence-corrected chi connectivity index (χ4v) is 5.40. The molecule has 3 aromatic heterocycles. The lowest BCUT2D eigenvalue weighted by molar-refractivity contribution is -0.154. The van der Waals surface area contributed by atoms with E-state index in [9.17, 15) is 31.5 Å². The summed E-state index contributed by atoms with van der Waals surface area (Å²) in [6.07, 6.45) is -1.99. The Balaban J connectivity index is 1.39. The largest absolute Gasteiger partial charge is 0.408 e. The maximum Gasteiger partial charge on any atom is 0.408 e. The van der Waals surface area contributed by atoms with Crippen LogP contribution in [0.4, 0.5) is 22.0 Å². The van der Waals surface area contributed by atoms with Crippen LogP contribution < -0.4 is 10.6 Å². The van der Waals surface area contributed by atoms with Crippen molar-refractivity contribution in [2.24, 2.45) is 11.8 Å². The molecule has 2 N–H and O–H groups in total. The molecule has 5 rings (SSSR count). The molecule has 39 heavy (non-hydrogen) atoms. The van der Waals surface area contributed by atoms with Crippen LogP contribution in [0, 0.1) is 11.8 Å². The highest BCUT2D eigenvalue weighted by Crippen LogP contribution is 2.41. The van der Waals surface area contributed by atoms with Crippen molar-refractivity contribution < 1.29 is 31.5 Å². The molecular formula is C25H28F5N7O2. The van der Waals surface area contributed by atoms with E-state index in [1.807, 2.05) is 12.2 Å². The SMILES string of the molecule is CCn1nccc1C(=O)NC(c1cn2nc(CC3C[C@H](C(F)(F)F)NC3=O)ccc2n1)C1CCC(F)(F)CC1. The standard InChI is InChI=1S/C25H28F5N7O2/c1-2-36-18(7-10-31-36)23(39)34-21(14-5-8-24(26,27)9-6-14)17-13-37-20(32-17)4-3-16(35-37)11-15-12-19(25(28,29)30)33-22(15)38/h3-4,7,10,13-15,19,21H,2,5-6,8-9,11-12H2,1H3,(H,33,38)(H,34,39)/t15?,19-,21?/m1/s1. The summed E-state index contributed by atoms with van der Waals surface area (Å²) >= 11 is 0. The summed E-state index contributed by atoms with van der Waals surface area (Å²) in [7, 11) is 0. The van der Waals surface area contributed by atoms with Gasteiger partial charge in [-0.25, -0.2) is 18.3 Å². The zero-order chi connectivity index (χ0) is 27.9. The summed E-state index contributed by atoms with van der Waals surface area (Å²) in [6, 6.07) is 2.24. The van der Waals surface area contributed by atoms with E-state index in [2.05, 4.69) is 20.5 Å². The van der Waals surface area contributed by atoms with Crippen LogP contribution in [-0.4, -0.2) is 54.3 Å². The van der Waals surface area contributed by atoms with Crippen molar-refractivity contribution in [2.75, 3.05) is 0 Å². The molecule has 9 nitrogen and oxygen atoms in total. The molecule has 2 aliphatic rings. The summed E-state index contributed by atoms with van der Waals surface area (Å²) in [4.78, 5) is 29.8. The van der Waals surface area contributed by atoms with Gasteiger partial charge in [0.05, 0.1) is 23.6 Å². The highest BCUT2D eigenvalue weighted by molar-refractivity contribution is 5.92. The van der Waals surface area contributed by atoms with Crippen molar-refractivity contribution >= 4 is 17.5 Å². The van der Waals surface area contributed by atoms with Gasteiger partial charge >= 0.3 is 6.18 Å². The van der Waals surface area contributed by atoms with Gasteiger partial charge in [0.25, 0.3) is 5.91 Å². The molecule has 2 fully saturated rings. The molecule has 0 aromatic carbocycles. The lowest BCUT2D eigenvalue weighted by Crippen LogP contribution is -2.38. The van der Waals surface area contributed by atoms with E-state index in [0.717, 1.165) is 0 Å². The van der Waals surface area contributed by atoms with Gasteiger partial charge in [0.2, 0.25) is 11.8 Å². The zero-order valence-corrected chi connectivity index (χ0v) is 21.1. The van der Waals surface area contributed by atoms with E-state index in [-0.39, 0.29) is 44.4 Å². The van der Waals surface area contributed by atoms with Crippen molar-refractivity contribution in [3.63, 3.8) is 0 Å². The average Bonchev–Trinajstić information content (AvgIpc) is 3.60. The van der Waals surface area contributed by atoms with E-state index < -0.39 is 41.9 Å². The molecule has 2 unspecified atom stereocenters. The van der Waals surface area contributed by atoms with E-state index in [0.29, 0.717) is 29.3 Å². The van der Waals surface area contributed by atoms with Crippen molar-refractivity contribution in [1.82, 2.24) is 35.0 Å². The number of aromatic nitrogens is 5. The highest BCUT2D eigenvalue weighted by Gasteiger charge is 2.47. The summed E-state index contributed by atoms with van der Waals surface area (Å²) in [5, 5.41) is 13.5. The van der Waals surface area contributed by atoms with Crippen LogP contribution in [0.15, 0.2) is 30.6 Å². The number of aryl methyl sites for hydroxylation is 1. The second-order valence-electron chi connectivity index (χ2n) is 10.2. The molecule has 2 amide bonds. The molecule has 0 spiro atoms. The van der Waals surface area contributed by atoms with Crippen LogP contribution in [0.1, 0.15) is 66.9 Å². The number of fused-ring (bicyclic) bond motifs is 1. The molecule has 210 valence electrons. The summed E-state index contributed by atoms with van der Waals surface area (Å²) in [5.74, 6) is -5.00. The molecule has 0 radical (unpaired) electrons. The van der Waals surface area contributed by atoms with Crippen molar-refractivity contribution in [3.05, 3.63) is 47.7 Å². The molecule has 3 atom stereocenters. The van der Waals surface area contributed by atoms with Gasteiger partial charge in [0.15, 0.2) is 5.65 Å². The Hall–Kier alpha value is -3.58. The van der Waals surface area contributed by atoms with Gasteiger partial charge in [-0.3, -0.25) is 14.3 Å². The topological polar surface area (TPSA) is 106 Å².